The molecule has 2 N–H and O–H groups in total. The highest BCUT2D eigenvalue weighted by molar-refractivity contribution is 5.80. The SMILES string of the molecule is COc1ccc(OC[C@@H](O)Cn2c(N/N=C\c3ccccc3)nc3c2c(=O)n(C)c(=O)n3C)cc1. The van der Waals surface area contributed by atoms with E-state index in [1.165, 1.54) is 23.2 Å². The van der Waals surface area contributed by atoms with Crippen LogP contribution in [0.4, 0.5) is 5.95 Å². The fourth-order valence-electron chi connectivity index (χ4n) is 3.54. The first kappa shape index (κ1) is 23.8. The number of imidazole rings is 1. The maximum atomic E-state index is 12.9. The lowest BCUT2D eigenvalue weighted by Crippen LogP contribution is -2.38. The van der Waals surface area contributed by atoms with Crippen molar-refractivity contribution in [3.63, 3.8) is 0 Å². The Labute approximate surface area is 200 Å². The molecule has 1 atom stereocenters. The molecule has 2 aromatic heterocycles. The van der Waals surface area contributed by atoms with Crippen LogP contribution in [0.1, 0.15) is 5.56 Å². The zero-order valence-corrected chi connectivity index (χ0v) is 19.6. The standard InChI is InChI=1S/C24H26N6O5/c1-28-21-20(22(32)29(2)24(28)33)30(23(26-21)27-25-13-16-7-5-4-6-8-16)14-17(31)15-35-19-11-9-18(34-3)10-12-19/h4-13,17,31H,14-15H2,1-3H3,(H,26,27)/b25-13-/t17-/m0/s1. The summed E-state index contributed by atoms with van der Waals surface area (Å²) < 4.78 is 14.6. The predicted octanol–water partition coefficient (Wildman–Crippen LogP) is 1.33. The lowest BCUT2D eigenvalue weighted by atomic mass is 10.2. The molecule has 11 heteroatoms. The summed E-state index contributed by atoms with van der Waals surface area (Å²) in [6, 6.07) is 16.4. The van der Waals surface area contributed by atoms with Gasteiger partial charge in [-0.15, -0.1) is 0 Å². The van der Waals surface area contributed by atoms with Crippen molar-refractivity contribution in [1.29, 1.82) is 0 Å². The third kappa shape index (κ3) is 5.09. The number of methoxy groups -OCH3 is 1. The Morgan fingerprint density at radius 1 is 1.06 bits per heavy atom. The first-order chi connectivity index (χ1) is 16.9. The van der Waals surface area contributed by atoms with Gasteiger partial charge in [-0.3, -0.25) is 13.9 Å². The second-order valence-electron chi connectivity index (χ2n) is 7.85. The molecule has 0 aliphatic rings. The molecular weight excluding hydrogens is 452 g/mol. The summed E-state index contributed by atoms with van der Waals surface area (Å²) in [5.41, 5.74) is 3.00. The molecule has 0 saturated heterocycles. The van der Waals surface area contributed by atoms with Crippen LogP contribution in [0.3, 0.4) is 0 Å². The number of hydrogen-bond acceptors (Lipinski definition) is 8. The highest BCUT2D eigenvalue weighted by Crippen LogP contribution is 2.19. The molecule has 0 aliphatic carbocycles. The number of aliphatic hydroxyl groups excluding tert-OH is 1. The predicted molar refractivity (Wildman–Crippen MR) is 132 cm³/mol. The third-order valence-electron chi connectivity index (χ3n) is 5.42. The third-order valence-corrected chi connectivity index (χ3v) is 5.42. The molecule has 0 radical (unpaired) electrons. The van der Waals surface area contributed by atoms with Crippen LogP contribution in [0.2, 0.25) is 0 Å². The van der Waals surface area contributed by atoms with E-state index in [0.29, 0.717) is 11.5 Å². The second kappa shape index (κ2) is 10.3. The Morgan fingerprint density at radius 3 is 2.43 bits per heavy atom. The average molecular weight is 479 g/mol. The van der Waals surface area contributed by atoms with Gasteiger partial charge in [0, 0.05) is 14.1 Å². The minimum atomic E-state index is -0.991. The molecule has 0 amide bonds. The van der Waals surface area contributed by atoms with E-state index in [1.807, 2.05) is 30.3 Å². The van der Waals surface area contributed by atoms with Crippen LogP contribution >= 0.6 is 0 Å². The van der Waals surface area contributed by atoms with Crippen LogP contribution in [0.15, 0.2) is 69.3 Å². The number of aliphatic hydroxyl groups is 1. The van der Waals surface area contributed by atoms with Crippen molar-refractivity contribution in [2.75, 3.05) is 19.1 Å². The summed E-state index contributed by atoms with van der Waals surface area (Å²) in [7, 11) is 4.50. The number of hydrogen-bond donors (Lipinski definition) is 2. The fourth-order valence-corrected chi connectivity index (χ4v) is 3.54. The van der Waals surface area contributed by atoms with E-state index in [9.17, 15) is 14.7 Å². The Kier molecular flexibility index (Phi) is 6.97. The zero-order chi connectivity index (χ0) is 24.9. The molecule has 0 saturated carbocycles. The maximum Gasteiger partial charge on any atom is 0.332 e. The molecule has 182 valence electrons. The van der Waals surface area contributed by atoms with Crippen molar-refractivity contribution in [3.05, 3.63) is 81.0 Å². The number of ether oxygens (including phenoxy) is 2. The molecule has 0 aliphatic heterocycles. The van der Waals surface area contributed by atoms with Crippen molar-refractivity contribution >= 4 is 23.3 Å². The van der Waals surface area contributed by atoms with E-state index in [0.717, 1.165) is 10.1 Å². The number of rotatable bonds is 9. The minimum Gasteiger partial charge on any atom is -0.497 e. The lowest BCUT2D eigenvalue weighted by molar-refractivity contribution is 0.0938. The Bertz CT molecular complexity index is 1450. The molecular formula is C24H26N6O5. The molecule has 0 fully saturated rings. The van der Waals surface area contributed by atoms with Crippen molar-refractivity contribution in [2.45, 2.75) is 12.6 Å². The summed E-state index contributed by atoms with van der Waals surface area (Å²) in [4.78, 5) is 29.8. The Morgan fingerprint density at radius 2 is 1.74 bits per heavy atom. The Hall–Kier alpha value is -4.38. The van der Waals surface area contributed by atoms with Crippen molar-refractivity contribution < 1.29 is 14.6 Å². The maximum absolute atomic E-state index is 12.9. The first-order valence-corrected chi connectivity index (χ1v) is 10.8. The molecule has 2 heterocycles. The summed E-state index contributed by atoms with van der Waals surface area (Å²) in [5.74, 6) is 1.45. The van der Waals surface area contributed by atoms with Gasteiger partial charge in [-0.25, -0.2) is 10.2 Å². The topological polar surface area (TPSA) is 125 Å². The smallest absolute Gasteiger partial charge is 0.332 e. The van der Waals surface area contributed by atoms with Gasteiger partial charge in [0.15, 0.2) is 11.2 Å². The lowest BCUT2D eigenvalue weighted by Gasteiger charge is -2.15. The van der Waals surface area contributed by atoms with Crippen LogP contribution in [0.25, 0.3) is 11.2 Å². The van der Waals surface area contributed by atoms with Crippen LogP contribution < -0.4 is 26.1 Å². The van der Waals surface area contributed by atoms with E-state index in [1.54, 1.807) is 37.6 Å². The van der Waals surface area contributed by atoms with Crippen molar-refractivity contribution in [1.82, 2.24) is 18.7 Å². The quantitative estimate of drug-likeness (QED) is 0.275. The molecule has 0 bridgehead atoms. The van der Waals surface area contributed by atoms with Crippen LogP contribution in [0.5, 0.6) is 11.5 Å². The summed E-state index contributed by atoms with van der Waals surface area (Å²) in [5, 5.41) is 14.9. The van der Waals surface area contributed by atoms with E-state index in [4.69, 9.17) is 9.47 Å². The summed E-state index contributed by atoms with van der Waals surface area (Å²) in [6.07, 6.45) is 0.611. The number of fused-ring (bicyclic) bond motifs is 1. The molecule has 0 unspecified atom stereocenters. The van der Waals surface area contributed by atoms with Gasteiger partial charge in [0.1, 0.15) is 24.2 Å². The molecule has 35 heavy (non-hydrogen) atoms. The number of aromatic nitrogens is 4. The van der Waals surface area contributed by atoms with E-state index < -0.39 is 17.4 Å². The monoisotopic (exact) mass is 478 g/mol. The average Bonchev–Trinajstić information content (AvgIpc) is 3.24. The second-order valence-corrected chi connectivity index (χ2v) is 7.85. The highest BCUT2D eigenvalue weighted by atomic mass is 16.5. The van der Waals surface area contributed by atoms with Gasteiger partial charge < -0.3 is 19.1 Å². The van der Waals surface area contributed by atoms with E-state index >= 15 is 0 Å². The van der Waals surface area contributed by atoms with Gasteiger partial charge in [-0.1, -0.05) is 30.3 Å². The number of nitrogens with zero attached hydrogens (tertiary/aromatic N) is 5. The van der Waals surface area contributed by atoms with Crippen molar-refractivity contribution in [3.8, 4) is 11.5 Å². The number of benzene rings is 2. The van der Waals surface area contributed by atoms with E-state index in [2.05, 4.69) is 15.5 Å². The number of nitrogens with one attached hydrogen (secondary N) is 1. The van der Waals surface area contributed by atoms with Gasteiger partial charge in [0.2, 0.25) is 5.95 Å². The van der Waals surface area contributed by atoms with Gasteiger partial charge in [-0.2, -0.15) is 10.1 Å². The van der Waals surface area contributed by atoms with Crippen LogP contribution in [-0.2, 0) is 20.6 Å². The number of hydrazone groups is 1. The Balaban J connectivity index is 1.62. The van der Waals surface area contributed by atoms with Crippen LogP contribution in [-0.4, -0.2) is 49.8 Å². The van der Waals surface area contributed by atoms with Gasteiger partial charge in [0.25, 0.3) is 5.56 Å². The first-order valence-electron chi connectivity index (χ1n) is 10.8. The van der Waals surface area contributed by atoms with Crippen molar-refractivity contribution in [2.24, 2.45) is 19.2 Å². The van der Waals surface area contributed by atoms with E-state index in [-0.39, 0.29) is 30.3 Å². The highest BCUT2D eigenvalue weighted by Gasteiger charge is 2.21. The van der Waals surface area contributed by atoms with Gasteiger partial charge in [-0.05, 0) is 29.8 Å². The molecule has 11 nitrogen and oxygen atoms in total. The zero-order valence-electron chi connectivity index (χ0n) is 19.6. The molecule has 4 aromatic rings. The largest absolute Gasteiger partial charge is 0.497 e. The number of anilines is 1. The molecule has 4 rings (SSSR count). The molecule has 0 spiro atoms. The molecule has 2 aromatic carbocycles. The van der Waals surface area contributed by atoms with Gasteiger partial charge in [0.05, 0.1) is 19.9 Å². The summed E-state index contributed by atoms with van der Waals surface area (Å²) >= 11 is 0. The fraction of sp³-hybridized carbons (Fsp3) is 0.250. The normalized spacial score (nSPS) is 12.2. The number of aryl methyl sites for hydroxylation is 1. The van der Waals surface area contributed by atoms with Gasteiger partial charge >= 0.3 is 5.69 Å². The minimum absolute atomic E-state index is 0.0245. The van der Waals surface area contributed by atoms with Crippen LogP contribution in [0, 0.1) is 0 Å². The summed E-state index contributed by atoms with van der Waals surface area (Å²) in [6.45, 7) is -0.0614.